The van der Waals surface area contributed by atoms with Crippen LogP contribution in [0.15, 0.2) is 53.7 Å². The molecular weight excluding hydrogens is 457 g/mol. The molecule has 0 aliphatic carbocycles. The number of halogens is 2. The van der Waals surface area contributed by atoms with Crippen LogP contribution in [-0.4, -0.2) is 32.3 Å². The average molecular weight is 478 g/mol. The first-order valence-corrected chi connectivity index (χ1v) is 11.3. The summed E-state index contributed by atoms with van der Waals surface area (Å²) in [5.74, 6) is 0.310. The fourth-order valence-corrected chi connectivity index (χ4v) is 4.03. The Bertz CT molecular complexity index is 1070. The number of amides is 2. The molecule has 0 saturated carbocycles. The Balaban J connectivity index is 1.63. The van der Waals surface area contributed by atoms with E-state index in [0.717, 1.165) is 0 Å². The number of carbonyl (C=O) groups excluding carboxylic acids is 2. The number of hydrogen-bond donors (Lipinski definition) is 2. The first kappa shape index (κ1) is 23.1. The third kappa shape index (κ3) is 6.00. The van der Waals surface area contributed by atoms with Crippen LogP contribution < -0.4 is 10.6 Å². The summed E-state index contributed by atoms with van der Waals surface area (Å²) >= 11 is 13.2. The molecule has 10 heteroatoms. The zero-order valence-electron chi connectivity index (χ0n) is 16.9. The first-order chi connectivity index (χ1) is 14.9. The van der Waals surface area contributed by atoms with Gasteiger partial charge in [0.05, 0.1) is 22.4 Å². The molecule has 7 nitrogen and oxygen atoms in total. The van der Waals surface area contributed by atoms with E-state index >= 15 is 0 Å². The molecule has 2 aromatic carbocycles. The van der Waals surface area contributed by atoms with Crippen molar-refractivity contribution in [3.63, 3.8) is 0 Å². The maximum absolute atomic E-state index is 12.5. The lowest BCUT2D eigenvalue weighted by molar-refractivity contribution is -0.113. The molecule has 31 heavy (non-hydrogen) atoms. The van der Waals surface area contributed by atoms with Crippen LogP contribution in [0.4, 0.5) is 5.69 Å². The summed E-state index contributed by atoms with van der Waals surface area (Å²) < 4.78 is 1.87. The molecule has 2 N–H and O–H groups in total. The van der Waals surface area contributed by atoms with Gasteiger partial charge in [-0.15, -0.1) is 10.2 Å². The van der Waals surface area contributed by atoms with E-state index in [2.05, 4.69) is 20.8 Å². The van der Waals surface area contributed by atoms with Gasteiger partial charge >= 0.3 is 0 Å². The van der Waals surface area contributed by atoms with Gasteiger partial charge in [0, 0.05) is 17.3 Å². The van der Waals surface area contributed by atoms with Crippen LogP contribution >= 0.6 is 35.0 Å². The quantitative estimate of drug-likeness (QED) is 0.453. The smallest absolute Gasteiger partial charge is 0.253 e. The molecule has 0 spiro atoms. The van der Waals surface area contributed by atoms with Gasteiger partial charge in [0.15, 0.2) is 11.0 Å². The predicted molar refractivity (Wildman–Crippen MR) is 124 cm³/mol. The molecule has 1 heterocycles. The lowest BCUT2D eigenvalue weighted by Gasteiger charge is -2.15. The Labute approximate surface area is 194 Å². The van der Waals surface area contributed by atoms with E-state index in [9.17, 15) is 9.59 Å². The van der Waals surface area contributed by atoms with Gasteiger partial charge in [0.1, 0.15) is 0 Å². The molecule has 1 atom stereocenters. The highest BCUT2D eigenvalue weighted by molar-refractivity contribution is 7.99. The molecule has 1 unspecified atom stereocenters. The number of hydrogen-bond acceptors (Lipinski definition) is 5. The van der Waals surface area contributed by atoms with Crippen molar-refractivity contribution in [2.24, 2.45) is 0 Å². The van der Waals surface area contributed by atoms with E-state index in [-0.39, 0.29) is 17.6 Å². The predicted octanol–water partition coefficient (Wildman–Crippen LogP) is 4.83. The summed E-state index contributed by atoms with van der Waals surface area (Å²) in [4.78, 5) is 24.8. The van der Waals surface area contributed by atoms with E-state index in [4.69, 9.17) is 23.2 Å². The van der Waals surface area contributed by atoms with Crippen molar-refractivity contribution in [3.8, 4) is 0 Å². The molecule has 0 saturated heterocycles. The van der Waals surface area contributed by atoms with Crippen molar-refractivity contribution < 1.29 is 9.59 Å². The summed E-state index contributed by atoms with van der Waals surface area (Å²) in [7, 11) is 0. The van der Waals surface area contributed by atoms with Crippen molar-refractivity contribution in [2.45, 2.75) is 31.6 Å². The van der Waals surface area contributed by atoms with Gasteiger partial charge in [-0.2, -0.15) is 0 Å². The number of carbonyl (C=O) groups is 2. The SMILES string of the molecule is CCn1c(SCC(=O)Nc2ccc(Cl)cc2)nnc1C(C)NC(=O)c1ccccc1Cl. The summed E-state index contributed by atoms with van der Waals surface area (Å²) in [6, 6.07) is 13.3. The van der Waals surface area contributed by atoms with E-state index in [0.29, 0.717) is 38.8 Å². The van der Waals surface area contributed by atoms with Crippen LogP contribution in [0, 0.1) is 0 Å². The Morgan fingerprint density at radius 1 is 1.10 bits per heavy atom. The molecule has 3 aromatic rings. The number of thioether (sulfide) groups is 1. The van der Waals surface area contributed by atoms with Gasteiger partial charge in [-0.1, -0.05) is 47.1 Å². The monoisotopic (exact) mass is 477 g/mol. The van der Waals surface area contributed by atoms with Crippen LogP contribution in [0.1, 0.15) is 36.1 Å². The van der Waals surface area contributed by atoms with Crippen LogP contribution in [0.25, 0.3) is 0 Å². The standard InChI is InChI=1S/C21H21Cl2N5O2S/c1-3-28-19(13(2)24-20(30)16-6-4-5-7-17(16)23)26-27-21(28)31-12-18(29)25-15-10-8-14(22)9-11-15/h4-11,13H,3,12H2,1-2H3,(H,24,30)(H,25,29). The Morgan fingerprint density at radius 2 is 1.81 bits per heavy atom. The molecule has 3 rings (SSSR count). The average Bonchev–Trinajstić information content (AvgIpc) is 3.17. The summed E-state index contributed by atoms with van der Waals surface area (Å²) in [5.41, 5.74) is 1.07. The van der Waals surface area contributed by atoms with E-state index < -0.39 is 6.04 Å². The van der Waals surface area contributed by atoms with Gasteiger partial charge < -0.3 is 15.2 Å². The van der Waals surface area contributed by atoms with Gasteiger partial charge in [0.2, 0.25) is 5.91 Å². The fraction of sp³-hybridized carbons (Fsp3) is 0.238. The van der Waals surface area contributed by atoms with E-state index in [1.165, 1.54) is 11.8 Å². The second-order valence-electron chi connectivity index (χ2n) is 6.60. The highest BCUT2D eigenvalue weighted by Crippen LogP contribution is 2.22. The van der Waals surface area contributed by atoms with Crippen molar-refractivity contribution in [1.82, 2.24) is 20.1 Å². The highest BCUT2D eigenvalue weighted by atomic mass is 35.5. The van der Waals surface area contributed by atoms with Crippen molar-refractivity contribution in [1.29, 1.82) is 0 Å². The minimum Gasteiger partial charge on any atom is -0.342 e. The fourth-order valence-electron chi connectivity index (χ4n) is 2.87. The van der Waals surface area contributed by atoms with Crippen molar-refractivity contribution in [3.05, 3.63) is 70.0 Å². The van der Waals surface area contributed by atoms with Crippen LogP contribution in [0.5, 0.6) is 0 Å². The van der Waals surface area contributed by atoms with Gasteiger partial charge in [-0.05, 0) is 50.2 Å². The highest BCUT2D eigenvalue weighted by Gasteiger charge is 2.21. The molecule has 162 valence electrons. The number of anilines is 1. The van der Waals surface area contributed by atoms with Crippen molar-refractivity contribution in [2.75, 3.05) is 11.1 Å². The normalized spacial score (nSPS) is 11.7. The van der Waals surface area contributed by atoms with Crippen molar-refractivity contribution >= 4 is 52.5 Å². The Hall–Kier alpha value is -2.55. The Kier molecular flexibility index (Phi) is 7.95. The number of nitrogens with zero attached hydrogens (tertiary/aromatic N) is 3. The Morgan fingerprint density at radius 3 is 2.48 bits per heavy atom. The third-order valence-corrected chi connectivity index (χ3v) is 5.92. The van der Waals surface area contributed by atoms with E-state index in [1.807, 2.05) is 18.4 Å². The molecule has 0 fully saturated rings. The van der Waals surface area contributed by atoms with Crippen LogP contribution in [0.2, 0.25) is 10.0 Å². The number of rotatable bonds is 8. The molecule has 2 amide bonds. The number of benzene rings is 2. The minimum atomic E-state index is -0.395. The largest absolute Gasteiger partial charge is 0.342 e. The molecule has 1 aromatic heterocycles. The minimum absolute atomic E-state index is 0.167. The summed E-state index contributed by atoms with van der Waals surface area (Å²) in [5, 5.41) is 15.7. The maximum atomic E-state index is 12.5. The third-order valence-electron chi connectivity index (χ3n) is 4.38. The second kappa shape index (κ2) is 10.7. The second-order valence-corrected chi connectivity index (χ2v) is 8.39. The zero-order chi connectivity index (χ0) is 22.4. The van der Waals surface area contributed by atoms with Crippen LogP contribution in [-0.2, 0) is 11.3 Å². The number of aromatic nitrogens is 3. The molecule has 0 aliphatic rings. The maximum Gasteiger partial charge on any atom is 0.253 e. The number of nitrogens with one attached hydrogen (secondary N) is 2. The van der Waals surface area contributed by atoms with E-state index in [1.54, 1.807) is 48.5 Å². The summed E-state index contributed by atoms with van der Waals surface area (Å²) in [6.45, 7) is 4.37. The molecule has 0 bridgehead atoms. The first-order valence-electron chi connectivity index (χ1n) is 9.55. The van der Waals surface area contributed by atoms with Crippen LogP contribution in [0.3, 0.4) is 0 Å². The summed E-state index contributed by atoms with van der Waals surface area (Å²) in [6.07, 6.45) is 0. The lowest BCUT2D eigenvalue weighted by atomic mass is 10.2. The van der Waals surface area contributed by atoms with Gasteiger partial charge in [-0.25, -0.2) is 0 Å². The topological polar surface area (TPSA) is 88.9 Å². The molecule has 0 radical (unpaired) electrons. The lowest BCUT2D eigenvalue weighted by Crippen LogP contribution is -2.29. The molecular formula is C21H21Cl2N5O2S. The van der Waals surface area contributed by atoms with Gasteiger partial charge in [0.25, 0.3) is 5.91 Å². The zero-order valence-corrected chi connectivity index (χ0v) is 19.3. The van der Waals surface area contributed by atoms with Gasteiger partial charge in [-0.3, -0.25) is 9.59 Å². The molecule has 0 aliphatic heterocycles.